The molecule has 1 atom stereocenters. The van der Waals surface area contributed by atoms with Crippen LogP contribution in [0.4, 0.5) is 8.78 Å². The molecule has 23 heavy (non-hydrogen) atoms. The summed E-state index contributed by atoms with van der Waals surface area (Å²) in [5.41, 5.74) is -0.244. The molecule has 0 aliphatic carbocycles. The van der Waals surface area contributed by atoms with Crippen LogP contribution in [0.25, 0.3) is 0 Å². The molecule has 122 valence electrons. The molecule has 0 bridgehead atoms. The first-order valence-corrected chi connectivity index (χ1v) is 6.78. The summed E-state index contributed by atoms with van der Waals surface area (Å²) in [5, 5.41) is 18.2. The number of carbonyl (C=O) groups excluding carboxylic acids is 1. The maximum Gasteiger partial charge on any atom is 0.358 e. The largest absolute Gasteiger partial charge is 0.476 e. The third-order valence-corrected chi connectivity index (χ3v) is 3.14. The van der Waals surface area contributed by atoms with Crippen LogP contribution in [0.2, 0.25) is 0 Å². The van der Waals surface area contributed by atoms with Gasteiger partial charge in [-0.25, -0.2) is 18.3 Å². The summed E-state index contributed by atoms with van der Waals surface area (Å²) in [6, 6.07) is 2.31. The highest BCUT2D eigenvalue weighted by Gasteiger charge is 2.18. The Kier molecular flexibility index (Phi) is 4.99. The number of aromatic nitrogens is 3. The van der Waals surface area contributed by atoms with Crippen LogP contribution < -0.4 is 5.32 Å². The third-order valence-electron chi connectivity index (χ3n) is 3.14. The number of hydrogen-bond acceptors (Lipinski definition) is 4. The van der Waals surface area contributed by atoms with E-state index in [1.54, 1.807) is 6.92 Å². The maximum atomic E-state index is 13.8. The Labute approximate surface area is 129 Å². The van der Waals surface area contributed by atoms with Gasteiger partial charge in [0.25, 0.3) is 0 Å². The van der Waals surface area contributed by atoms with Gasteiger partial charge in [-0.2, -0.15) is 0 Å². The number of carbonyl (C=O) groups is 2. The first kappa shape index (κ1) is 16.5. The molecule has 7 nitrogen and oxygen atoms in total. The number of carboxylic acids is 1. The fourth-order valence-electron chi connectivity index (χ4n) is 2.04. The second kappa shape index (κ2) is 6.95. The molecule has 0 saturated heterocycles. The number of benzene rings is 1. The van der Waals surface area contributed by atoms with Gasteiger partial charge in [0.1, 0.15) is 18.2 Å². The highest BCUT2D eigenvalue weighted by Crippen LogP contribution is 2.21. The number of rotatable bonds is 6. The zero-order valence-corrected chi connectivity index (χ0v) is 12.2. The van der Waals surface area contributed by atoms with Gasteiger partial charge in [0.15, 0.2) is 5.69 Å². The first-order valence-electron chi connectivity index (χ1n) is 6.78. The molecule has 1 unspecified atom stereocenters. The van der Waals surface area contributed by atoms with Gasteiger partial charge in [0.2, 0.25) is 5.91 Å². The van der Waals surface area contributed by atoms with Gasteiger partial charge in [-0.3, -0.25) is 4.79 Å². The average Bonchev–Trinajstić information content (AvgIpc) is 2.96. The summed E-state index contributed by atoms with van der Waals surface area (Å²) in [6.45, 7) is 1.43. The molecular formula is C14H14F2N4O3. The molecule has 2 rings (SSSR count). The lowest BCUT2D eigenvalue weighted by Gasteiger charge is -2.18. The smallest absolute Gasteiger partial charge is 0.358 e. The summed E-state index contributed by atoms with van der Waals surface area (Å²) in [6.07, 6.45) is 1.45. The number of halogens is 2. The van der Waals surface area contributed by atoms with Crippen LogP contribution in [0.5, 0.6) is 0 Å². The van der Waals surface area contributed by atoms with Gasteiger partial charge in [-0.05, 0) is 24.6 Å². The topological polar surface area (TPSA) is 97.1 Å². The van der Waals surface area contributed by atoms with Crippen LogP contribution in [-0.4, -0.2) is 32.0 Å². The van der Waals surface area contributed by atoms with Crippen LogP contribution >= 0.6 is 0 Å². The molecule has 9 heteroatoms. The maximum absolute atomic E-state index is 13.8. The minimum atomic E-state index is -1.26. The minimum absolute atomic E-state index is 0.0469. The summed E-state index contributed by atoms with van der Waals surface area (Å²) >= 11 is 0. The van der Waals surface area contributed by atoms with E-state index in [0.717, 1.165) is 29.1 Å². The minimum Gasteiger partial charge on any atom is -0.476 e. The van der Waals surface area contributed by atoms with Gasteiger partial charge in [-0.1, -0.05) is 12.1 Å². The molecule has 0 radical (unpaired) electrons. The summed E-state index contributed by atoms with van der Waals surface area (Å²) < 4.78 is 28.1. The van der Waals surface area contributed by atoms with Gasteiger partial charge in [0.05, 0.1) is 12.2 Å². The van der Waals surface area contributed by atoms with Crippen molar-refractivity contribution < 1.29 is 23.5 Å². The van der Waals surface area contributed by atoms with Gasteiger partial charge in [-0.15, -0.1) is 5.10 Å². The normalized spacial score (nSPS) is 12.0. The van der Waals surface area contributed by atoms with Gasteiger partial charge in [0, 0.05) is 5.56 Å². The van der Waals surface area contributed by atoms with Crippen molar-refractivity contribution in [3.05, 3.63) is 47.3 Å². The van der Waals surface area contributed by atoms with E-state index in [0.29, 0.717) is 6.42 Å². The van der Waals surface area contributed by atoms with E-state index < -0.39 is 29.6 Å². The van der Waals surface area contributed by atoms with Gasteiger partial charge < -0.3 is 10.4 Å². The van der Waals surface area contributed by atoms with E-state index in [2.05, 4.69) is 15.6 Å². The predicted molar refractivity (Wildman–Crippen MR) is 74.5 cm³/mol. The van der Waals surface area contributed by atoms with Crippen molar-refractivity contribution in [3.63, 3.8) is 0 Å². The third kappa shape index (κ3) is 4.09. The SMILES string of the molecule is CCC(NC(=O)Cn1cc(C(=O)O)nn1)c1cc(F)ccc1F. The van der Waals surface area contributed by atoms with E-state index in [1.165, 1.54) is 0 Å². The van der Waals surface area contributed by atoms with Crippen molar-refractivity contribution in [2.24, 2.45) is 0 Å². The average molecular weight is 324 g/mol. The summed E-state index contributed by atoms with van der Waals surface area (Å²) in [5.74, 6) is -3.00. The second-order valence-corrected chi connectivity index (χ2v) is 4.80. The second-order valence-electron chi connectivity index (χ2n) is 4.80. The number of amides is 1. The Hall–Kier alpha value is -2.84. The predicted octanol–water partition coefficient (Wildman–Crippen LogP) is 1.52. The van der Waals surface area contributed by atoms with Crippen molar-refractivity contribution >= 4 is 11.9 Å². The van der Waals surface area contributed by atoms with E-state index >= 15 is 0 Å². The van der Waals surface area contributed by atoms with Crippen molar-refractivity contribution in [1.29, 1.82) is 0 Å². The van der Waals surface area contributed by atoms with Crippen LogP contribution in [0, 0.1) is 11.6 Å². The van der Waals surface area contributed by atoms with E-state index in [-0.39, 0.29) is 17.8 Å². The Morgan fingerprint density at radius 2 is 2.13 bits per heavy atom. The molecule has 2 aromatic rings. The zero-order valence-electron chi connectivity index (χ0n) is 12.2. The standard InChI is InChI=1S/C14H14F2N4O3/c1-2-11(9-5-8(15)3-4-10(9)16)17-13(21)7-20-6-12(14(22)23)18-19-20/h3-6,11H,2,7H2,1H3,(H,17,21)(H,22,23). The van der Waals surface area contributed by atoms with Crippen molar-refractivity contribution in [1.82, 2.24) is 20.3 Å². The van der Waals surface area contributed by atoms with Crippen LogP contribution in [-0.2, 0) is 11.3 Å². The molecule has 0 fully saturated rings. The van der Waals surface area contributed by atoms with Crippen molar-refractivity contribution in [2.75, 3.05) is 0 Å². The van der Waals surface area contributed by atoms with Gasteiger partial charge >= 0.3 is 5.97 Å². The molecule has 1 aromatic carbocycles. The zero-order chi connectivity index (χ0) is 17.0. The molecule has 1 amide bonds. The van der Waals surface area contributed by atoms with E-state index in [1.807, 2.05) is 0 Å². The lowest BCUT2D eigenvalue weighted by Crippen LogP contribution is -2.32. The molecule has 2 N–H and O–H groups in total. The first-order chi connectivity index (χ1) is 10.9. The highest BCUT2D eigenvalue weighted by molar-refractivity contribution is 5.84. The summed E-state index contributed by atoms with van der Waals surface area (Å²) in [4.78, 5) is 22.7. The molecule has 0 aliphatic heterocycles. The Morgan fingerprint density at radius 1 is 1.39 bits per heavy atom. The van der Waals surface area contributed by atoms with E-state index in [9.17, 15) is 18.4 Å². The van der Waals surface area contributed by atoms with Crippen LogP contribution in [0.15, 0.2) is 24.4 Å². The lowest BCUT2D eigenvalue weighted by molar-refractivity contribution is -0.122. The molecule has 1 aromatic heterocycles. The molecular weight excluding hydrogens is 310 g/mol. The van der Waals surface area contributed by atoms with Crippen LogP contribution in [0.3, 0.4) is 0 Å². The number of carboxylic acid groups (broad SMARTS) is 1. The lowest BCUT2D eigenvalue weighted by atomic mass is 10.0. The monoisotopic (exact) mass is 324 g/mol. The molecule has 0 aliphatic rings. The van der Waals surface area contributed by atoms with Crippen molar-refractivity contribution in [3.8, 4) is 0 Å². The fraction of sp³-hybridized carbons (Fsp3) is 0.286. The number of aromatic carboxylic acids is 1. The number of hydrogen-bond donors (Lipinski definition) is 2. The Bertz CT molecular complexity index is 733. The highest BCUT2D eigenvalue weighted by atomic mass is 19.1. The number of nitrogens with zero attached hydrogens (tertiary/aromatic N) is 3. The fourth-order valence-corrected chi connectivity index (χ4v) is 2.04. The van der Waals surface area contributed by atoms with Crippen molar-refractivity contribution in [2.45, 2.75) is 25.9 Å². The molecule has 0 saturated carbocycles. The number of nitrogens with one attached hydrogen (secondary N) is 1. The Balaban J connectivity index is 2.07. The van der Waals surface area contributed by atoms with E-state index in [4.69, 9.17) is 5.11 Å². The van der Waals surface area contributed by atoms with Crippen LogP contribution in [0.1, 0.15) is 35.4 Å². The summed E-state index contributed by atoms with van der Waals surface area (Å²) in [7, 11) is 0. The molecule has 1 heterocycles. The Morgan fingerprint density at radius 3 is 2.74 bits per heavy atom. The quantitative estimate of drug-likeness (QED) is 0.840. The molecule has 0 spiro atoms.